The van der Waals surface area contributed by atoms with Crippen molar-refractivity contribution in [3.8, 4) is 5.88 Å². The largest absolute Gasteiger partial charge is 0.470 e. The van der Waals surface area contributed by atoms with Crippen molar-refractivity contribution in [1.82, 2.24) is 25.0 Å². The highest BCUT2D eigenvalue weighted by atomic mass is 32.2. The molecule has 1 fully saturated rings. The summed E-state index contributed by atoms with van der Waals surface area (Å²) in [6, 6.07) is 4.93. The van der Waals surface area contributed by atoms with Gasteiger partial charge in [0.1, 0.15) is 0 Å². The number of sulfonamides is 1. The minimum absolute atomic E-state index is 0.0402. The molecule has 35 heavy (non-hydrogen) atoms. The quantitative estimate of drug-likeness (QED) is 0.466. The molecule has 3 aromatic rings. The zero-order valence-electron chi connectivity index (χ0n) is 18.9. The standard InChI is InChI=1S/C22H24F2N6O4S/c1-13(18-9-26-20(10-25-18)33-12-19(23)24)30-7-6-14-4-5-17(8-16(14)11-30)35(31,32)29-22-27-21(34-28-22)15-2-3-15/h4-5,8-10,13,15,19H,2-3,6-7,11-12H2,1H3,(H,28,29). The number of alkyl halides is 2. The lowest BCUT2D eigenvalue weighted by atomic mass is 9.98. The molecule has 1 unspecified atom stereocenters. The summed E-state index contributed by atoms with van der Waals surface area (Å²) in [5.74, 6) is 0.649. The van der Waals surface area contributed by atoms with Crippen LogP contribution in [-0.2, 0) is 23.0 Å². The predicted octanol–water partition coefficient (Wildman–Crippen LogP) is 3.30. The summed E-state index contributed by atoms with van der Waals surface area (Å²) >= 11 is 0. The van der Waals surface area contributed by atoms with Crippen molar-refractivity contribution in [2.45, 2.75) is 56.0 Å². The van der Waals surface area contributed by atoms with E-state index in [1.54, 1.807) is 12.1 Å². The topological polar surface area (TPSA) is 123 Å². The van der Waals surface area contributed by atoms with Crippen LogP contribution in [0.2, 0.25) is 0 Å². The van der Waals surface area contributed by atoms with E-state index in [1.807, 2.05) is 13.0 Å². The Kier molecular flexibility index (Phi) is 6.36. The summed E-state index contributed by atoms with van der Waals surface area (Å²) < 4.78 is 62.9. The summed E-state index contributed by atoms with van der Waals surface area (Å²) in [5, 5.41) is 3.73. The van der Waals surface area contributed by atoms with E-state index in [2.05, 4.69) is 29.7 Å². The summed E-state index contributed by atoms with van der Waals surface area (Å²) in [6.45, 7) is 2.49. The maximum absolute atomic E-state index is 12.9. The minimum atomic E-state index is -3.89. The molecule has 1 aliphatic heterocycles. The molecule has 3 heterocycles. The lowest BCUT2D eigenvalue weighted by molar-refractivity contribution is 0.0792. The number of hydrogen-bond acceptors (Lipinski definition) is 9. The van der Waals surface area contributed by atoms with Crippen molar-refractivity contribution >= 4 is 16.0 Å². The first-order valence-electron chi connectivity index (χ1n) is 11.2. The molecule has 0 saturated heterocycles. The minimum Gasteiger partial charge on any atom is -0.470 e. The van der Waals surface area contributed by atoms with E-state index < -0.39 is 23.1 Å². The fraction of sp³-hybridized carbons (Fsp3) is 0.455. The average Bonchev–Trinajstić information content (AvgIpc) is 3.60. The van der Waals surface area contributed by atoms with Crippen LogP contribution in [0.5, 0.6) is 5.88 Å². The van der Waals surface area contributed by atoms with Crippen LogP contribution in [0.25, 0.3) is 0 Å². The van der Waals surface area contributed by atoms with Crippen molar-refractivity contribution in [2.24, 2.45) is 0 Å². The number of ether oxygens (including phenoxy) is 1. The van der Waals surface area contributed by atoms with Gasteiger partial charge in [-0.2, -0.15) is 4.98 Å². The predicted molar refractivity (Wildman–Crippen MR) is 120 cm³/mol. The van der Waals surface area contributed by atoms with Gasteiger partial charge >= 0.3 is 0 Å². The van der Waals surface area contributed by atoms with Crippen LogP contribution in [0.1, 0.15) is 54.4 Å². The van der Waals surface area contributed by atoms with Crippen molar-refractivity contribution in [1.29, 1.82) is 0 Å². The smallest absolute Gasteiger partial charge is 0.277 e. The molecule has 5 rings (SSSR count). The van der Waals surface area contributed by atoms with Crippen LogP contribution in [0.4, 0.5) is 14.7 Å². The molecular formula is C22H24F2N6O4S. The first-order valence-corrected chi connectivity index (χ1v) is 12.7. The number of fused-ring (bicyclic) bond motifs is 1. The van der Waals surface area contributed by atoms with Gasteiger partial charge in [-0.1, -0.05) is 6.07 Å². The molecule has 1 saturated carbocycles. The van der Waals surface area contributed by atoms with Crippen molar-refractivity contribution in [2.75, 3.05) is 17.9 Å². The van der Waals surface area contributed by atoms with E-state index in [1.165, 1.54) is 12.4 Å². The summed E-state index contributed by atoms with van der Waals surface area (Å²) in [7, 11) is -3.89. The molecule has 10 nitrogen and oxygen atoms in total. The van der Waals surface area contributed by atoms with Gasteiger partial charge in [0, 0.05) is 19.0 Å². The van der Waals surface area contributed by atoms with E-state index in [0.29, 0.717) is 18.1 Å². The molecule has 0 radical (unpaired) electrons. The Morgan fingerprint density at radius 1 is 1.23 bits per heavy atom. The third-order valence-corrected chi connectivity index (χ3v) is 7.43. The molecule has 1 atom stereocenters. The molecule has 0 amide bonds. The summed E-state index contributed by atoms with van der Waals surface area (Å²) in [4.78, 5) is 14.8. The zero-order valence-corrected chi connectivity index (χ0v) is 19.7. The van der Waals surface area contributed by atoms with Gasteiger partial charge in [-0.15, -0.1) is 0 Å². The first-order chi connectivity index (χ1) is 16.8. The Labute approximate surface area is 200 Å². The number of nitrogens with zero attached hydrogens (tertiary/aromatic N) is 5. The van der Waals surface area contributed by atoms with Crippen molar-refractivity contribution in [3.05, 3.63) is 53.3 Å². The number of nitrogens with one attached hydrogen (secondary N) is 1. The third kappa shape index (κ3) is 5.40. The Balaban J connectivity index is 1.27. The summed E-state index contributed by atoms with van der Waals surface area (Å²) in [5.41, 5.74) is 2.62. The van der Waals surface area contributed by atoms with Gasteiger partial charge in [0.2, 0.25) is 11.8 Å². The van der Waals surface area contributed by atoms with E-state index >= 15 is 0 Å². The maximum atomic E-state index is 12.9. The third-order valence-electron chi connectivity index (χ3n) is 6.10. The average molecular weight is 507 g/mol. The van der Waals surface area contributed by atoms with Crippen LogP contribution in [0, 0.1) is 0 Å². The highest BCUT2D eigenvalue weighted by Gasteiger charge is 2.31. The van der Waals surface area contributed by atoms with Crippen LogP contribution in [-0.4, -0.2) is 53.0 Å². The molecular weight excluding hydrogens is 482 g/mol. The summed E-state index contributed by atoms with van der Waals surface area (Å²) in [6.07, 6.45) is 2.93. The number of benzene rings is 1. The van der Waals surface area contributed by atoms with Crippen LogP contribution < -0.4 is 9.46 Å². The molecule has 2 aromatic heterocycles. The van der Waals surface area contributed by atoms with Gasteiger partial charge < -0.3 is 9.26 Å². The molecule has 13 heteroatoms. The van der Waals surface area contributed by atoms with E-state index in [-0.39, 0.29) is 28.7 Å². The Morgan fingerprint density at radius 2 is 2.06 bits per heavy atom. The fourth-order valence-corrected chi connectivity index (χ4v) is 4.94. The molecule has 1 aliphatic carbocycles. The number of aromatic nitrogens is 4. The van der Waals surface area contributed by atoms with E-state index in [9.17, 15) is 17.2 Å². The van der Waals surface area contributed by atoms with Gasteiger partial charge in [-0.25, -0.2) is 26.9 Å². The number of halogens is 2. The molecule has 2 aliphatic rings. The highest BCUT2D eigenvalue weighted by Crippen LogP contribution is 2.39. The van der Waals surface area contributed by atoms with Gasteiger partial charge in [-0.3, -0.25) is 9.88 Å². The zero-order chi connectivity index (χ0) is 24.6. The van der Waals surface area contributed by atoms with E-state index in [0.717, 1.165) is 36.9 Å². The normalized spacial score (nSPS) is 17.3. The van der Waals surface area contributed by atoms with Crippen molar-refractivity contribution in [3.63, 3.8) is 0 Å². The number of rotatable bonds is 9. The monoisotopic (exact) mass is 506 g/mol. The van der Waals surface area contributed by atoms with Gasteiger partial charge in [0.25, 0.3) is 22.4 Å². The van der Waals surface area contributed by atoms with Crippen molar-refractivity contribution < 1.29 is 26.5 Å². The second kappa shape index (κ2) is 9.46. The second-order valence-corrected chi connectivity index (χ2v) is 10.3. The molecule has 0 bridgehead atoms. The Morgan fingerprint density at radius 3 is 2.77 bits per heavy atom. The Bertz CT molecular complexity index is 1300. The fourth-order valence-electron chi connectivity index (χ4n) is 3.96. The van der Waals surface area contributed by atoms with Gasteiger partial charge in [-0.05, 0) is 54.6 Å². The maximum Gasteiger partial charge on any atom is 0.277 e. The Hall–Kier alpha value is -3.19. The highest BCUT2D eigenvalue weighted by molar-refractivity contribution is 7.92. The molecule has 0 spiro atoms. The first kappa shape index (κ1) is 23.5. The molecule has 1 N–H and O–H groups in total. The SMILES string of the molecule is CC(c1cnc(OCC(F)F)cn1)N1CCc2ccc(S(=O)(=O)Nc3noc(C4CC4)n3)cc2C1. The van der Waals surface area contributed by atoms with Crippen LogP contribution in [0.15, 0.2) is 40.0 Å². The lowest BCUT2D eigenvalue weighted by Gasteiger charge is -2.33. The molecule has 1 aromatic carbocycles. The van der Waals surface area contributed by atoms with Crippen LogP contribution >= 0.6 is 0 Å². The van der Waals surface area contributed by atoms with Gasteiger partial charge in [0.05, 0.1) is 29.0 Å². The van der Waals surface area contributed by atoms with Crippen LogP contribution in [0.3, 0.4) is 0 Å². The second-order valence-electron chi connectivity index (χ2n) is 8.64. The number of anilines is 1. The molecule has 186 valence electrons. The number of hydrogen-bond donors (Lipinski definition) is 1. The van der Waals surface area contributed by atoms with Gasteiger partial charge in [0.15, 0.2) is 6.61 Å². The van der Waals surface area contributed by atoms with E-state index in [4.69, 9.17) is 9.26 Å². The lowest BCUT2D eigenvalue weighted by Crippen LogP contribution is -2.33.